The molecule has 0 saturated heterocycles. The van der Waals surface area contributed by atoms with Crippen molar-refractivity contribution in [3.63, 3.8) is 0 Å². The molecule has 0 radical (unpaired) electrons. The third kappa shape index (κ3) is 2.86. The molecule has 0 spiro atoms. The standard InChI is InChI=1S/C18H25N3O2/c1-12-7-18(23-4)14(3)13(2)16(12)10-20-9-15-8-19-21(5-6-22)17(15)11-20/h7-8,22H,5-6,9-11H2,1-4H3. The summed E-state index contributed by atoms with van der Waals surface area (Å²) < 4.78 is 7.39. The Labute approximate surface area is 137 Å². The zero-order chi connectivity index (χ0) is 16.6. The second-order valence-electron chi connectivity index (χ2n) is 6.33. The average Bonchev–Trinajstić information content (AvgIpc) is 3.09. The van der Waals surface area contributed by atoms with Crippen molar-refractivity contribution < 1.29 is 9.84 Å². The first kappa shape index (κ1) is 16.0. The lowest BCUT2D eigenvalue weighted by Gasteiger charge is -2.21. The highest BCUT2D eigenvalue weighted by Crippen LogP contribution is 2.31. The topological polar surface area (TPSA) is 50.5 Å². The lowest BCUT2D eigenvalue weighted by Crippen LogP contribution is -2.19. The molecular weight excluding hydrogens is 290 g/mol. The quantitative estimate of drug-likeness (QED) is 0.920. The van der Waals surface area contributed by atoms with Crippen molar-refractivity contribution in [2.45, 2.75) is 47.0 Å². The van der Waals surface area contributed by atoms with Gasteiger partial charge in [0.25, 0.3) is 0 Å². The van der Waals surface area contributed by atoms with Gasteiger partial charge < -0.3 is 9.84 Å². The van der Waals surface area contributed by atoms with Crippen LogP contribution in [0.2, 0.25) is 0 Å². The maximum Gasteiger partial charge on any atom is 0.122 e. The largest absolute Gasteiger partial charge is 0.496 e. The molecule has 1 N–H and O–H groups in total. The molecule has 0 unspecified atom stereocenters. The van der Waals surface area contributed by atoms with Gasteiger partial charge in [0.2, 0.25) is 0 Å². The van der Waals surface area contributed by atoms with Gasteiger partial charge in [-0.05, 0) is 49.1 Å². The van der Waals surface area contributed by atoms with Crippen LogP contribution in [0.4, 0.5) is 0 Å². The van der Waals surface area contributed by atoms with Crippen LogP contribution in [0.25, 0.3) is 0 Å². The number of hydrogen-bond acceptors (Lipinski definition) is 4. The summed E-state index contributed by atoms with van der Waals surface area (Å²) in [7, 11) is 1.73. The molecule has 1 aliphatic rings. The van der Waals surface area contributed by atoms with Crippen LogP contribution in [0.5, 0.6) is 5.75 Å². The zero-order valence-electron chi connectivity index (χ0n) is 14.4. The number of aryl methyl sites for hydroxylation is 1. The SMILES string of the molecule is COc1cc(C)c(CN2Cc3cnn(CCO)c3C2)c(C)c1C. The first-order chi connectivity index (χ1) is 11.0. The van der Waals surface area contributed by atoms with Gasteiger partial charge in [-0.1, -0.05) is 0 Å². The van der Waals surface area contributed by atoms with E-state index in [0.29, 0.717) is 6.54 Å². The van der Waals surface area contributed by atoms with Crippen molar-refractivity contribution in [3.05, 3.63) is 45.8 Å². The number of benzene rings is 1. The van der Waals surface area contributed by atoms with Gasteiger partial charge in [-0.15, -0.1) is 0 Å². The van der Waals surface area contributed by atoms with Crippen molar-refractivity contribution in [2.24, 2.45) is 0 Å². The monoisotopic (exact) mass is 315 g/mol. The fourth-order valence-electron chi connectivity index (χ4n) is 3.45. The summed E-state index contributed by atoms with van der Waals surface area (Å²) in [6.45, 7) is 9.89. The van der Waals surface area contributed by atoms with Crippen molar-refractivity contribution in [1.82, 2.24) is 14.7 Å². The Morgan fingerprint density at radius 3 is 2.70 bits per heavy atom. The first-order valence-electron chi connectivity index (χ1n) is 8.05. The molecule has 124 valence electrons. The molecule has 0 fully saturated rings. The molecule has 1 aliphatic heterocycles. The third-order valence-electron chi connectivity index (χ3n) is 4.92. The van der Waals surface area contributed by atoms with Crippen molar-refractivity contribution in [1.29, 1.82) is 0 Å². The second kappa shape index (κ2) is 6.34. The molecule has 2 aromatic rings. The third-order valence-corrected chi connectivity index (χ3v) is 4.92. The van der Waals surface area contributed by atoms with Gasteiger partial charge in [-0.3, -0.25) is 9.58 Å². The Kier molecular flexibility index (Phi) is 4.41. The van der Waals surface area contributed by atoms with Crippen LogP contribution in [0.1, 0.15) is 33.5 Å². The van der Waals surface area contributed by atoms with Crippen molar-refractivity contribution >= 4 is 0 Å². The Hall–Kier alpha value is -1.85. The number of nitrogens with zero attached hydrogens (tertiary/aromatic N) is 3. The van der Waals surface area contributed by atoms with Crippen LogP contribution < -0.4 is 4.74 Å². The number of aliphatic hydroxyl groups is 1. The molecule has 23 heavy (non-hydrogen) atoms. The molecule has 0 bridgehead atoms. The van der Waals surface area contributed by atoms with Crippen molar-refractivity contribution in [3.8, 4) is 5.75 Å². The van der Waals surface area contributed by atoms with E-state index in [0.717, 1.165) is 25.4 Å². The molecule has 0 aliphatic carbocycles. The normalized spacial score (nSPS) is 14.3. The maximum atomic E-state index is 9.14. The van der Waals surface area contributed by atoms with Crippen LogP contribution >= 0.6 is 0 Å². The number of aliphatic hydroxyl groups excluding tert-OH is 1. The Morgan fingerprint density at radius 2 is 2.00 bits per heavy atom. The molecule has 1 aromatic carbocycles. The van der Waals surface area contributed by atoms with E-state index in [4.69, 9.17) is 9.84 Å². The van der Waals surface area contributed by atoms with E-state index in [1.807, 2.05) is 10.9 Å². The summed E-state index contributed by atoms with van der Waals surface area (Å²) in [6, 6.07) is 2.13. The Morgan fingerprint density at radius 1 is 1.22 bits per heavy atom. The predicted octanol–water partition coefficient (Wildman–Crippen LogP) is 2.33. The lowest BCUT2D eigenvalue weighted by atomic mass is 9.97. The number of hydrogen-bond donors (Lipinski definition) is 1. The maximum absolute atomic E-state index is 9.14. The summed E-state index contributed by atoms with van der Waals surface area (Å²) >= 11 is 0. The van der Waals surface area contributed by atoms with Crippen LogP contribution in [0.15, 0.2) is 12.3 Å². The minimum Gasteiger partial charge on any atom is -0.496 e. The van der Waals surface area contributed by atoms with Gasteiger partial charge >= 0.3 is 0 Å². The van der Waals surface area contributed by atoms with Crippen molar-refractivity contribution in [2.75, 3.05) is 13.7 Å². The van der Waals surface area contributed by atoms with Gasteiger partial charge in [-0.2, -0.15) is 5.10 Å². The highest BCUT2D eigenvalue weighted by atomic mass is 16.5. The molecular formula is C18H25N3O2. The minimum atomic E-state index is 0.129. The van der Waals surface area contributed by atoms with E-state index >= 15 is 0 Å². The minimum absolute atomic E-state index is 0.129. The van der Waals surface area contributed by atoms with Crippen LogP contribution in [-0.4, -0.2) is 33.5 Å². The molecule has 0 amide bonds. The number of ether oxygens (including phenoxy) is 1. The van der Waals surface area contributed by atoms with E-state index in [1.165, 1.54) is 33.5 Å². The van der Waals surface area contributed by atoms with Gasteiger partial charge in [-0.25, -0.2) is 0 Å². The fraction of sp³-hybridized carbons (Fsp3) is 0.500. The van der Waals surface area contributed by atoms with E-state index in [-0.39, 0.29) is 6.61 Å². The van der Waals surface area contributed by atoms with Gasteiger partial charge in [0, 0.05) is 25.2 Å². The zero-order valence-corrected chi connectivity index (χ0v) is 14.4. The Balaban J connectivity index is 1.81. The highest BCUT2D eigenvalue weighted by Gasteiger charge is 2.24. The molecule has 2 heterocycles. The van der Waals surface area contributed by atoms with Gasteiger partial charge in [0.05, 0.1) is 32.2 Å². The molecule has 5 nitrogen and oxygen atoms in total. The Bertz CT molecular complexity index is 722. The van der Waals surface area contributed by atoms with Gasteiger partial charge in [0.15, 0.2) is 0 Å². The van der Waals surface area contributed by atoms with E-state index in [2.05, 4.69) is 36.8 Å². The fourth-order valence-corrected chi connectivity index (χ4v) is 3.45. The summed E-state index contributed by atoms with van der Waals surface area (Å²) in [6.07, 6.45) is 1.93. The van der Waals surface area contributed by atoms with Gasteiger partial charge in [0.1, 0.15) is 5.75 Å². The lowest BCUT2D eigenvalue weighted by molar-refractivity contribution is 0.250. The number of fused-ring (bicyclic) bond motifs is 1. The van der Waals surface area contributed by atoms with Crippen LogP contribution in [0, 0.1) is 20.8 Å². The second-order valence-corrected chi connectivity index (χ2v) is 6.33. The molecule has 5 heteroatoms. The number of methoxy groups -OCH3 is 1. The predicted molar refractivity (Wildman–Crippen MR) is 89.5 cm³/mol. The van der Waals surface area contributed by atoms with Crippen LogP contribution in [0.3, 0.4) is 0 Å². The number of aromatic nitrogens is 2. The molecule has 0 atom stereocenters. The summed E-state index contributed by atoms with van der Waals surface area (Å²) in [5, 5.41) is 13.5. The molecule has 3 rings (SSSR count). The highest BCUT2D eigenvalue weighted by molar-refractivity contribution is 5.48. The summed E-state index contributed by atoms with van der Waals surface area (Å²) in [5.74, 6) is 0.965. The van der Waals surface area contributed by atoms with E-state index in [1.54, 1.807) is 7.11 Å². The van der Waals surface area contributed by atoms with Crippen LogP contribution in [-0.2, 0) is 26.2 Å². The average molecular weight is 315 g/mol. The summed E-state index contributed by atoms with van der Waals surface area (Å²) in [5.41, 5.74) is 7.71. The van der Waals surface area contributed by atoms with E-state index < -0.39 is 0 Å². The van der Waals surface area contributed by atoms with E-state index in [9.17, 15) is 0 Å². The first-order valence-corrected chi connectivity index (χ1v) is 8.05. The summed E-state index contributed by atoms with van der Waals surface area (Å²) in [4.78, 5) is 2.43. The number of rotatable bonds is 5. The smallest absolute Gasteiger partial charge is 0.122 e. The molecule has 1 aromatic heterocycles. The molecule has 0 saturated carbocycles.